The van der Waals surface area contributed by atoms with E-state index in [1.54, 1.807) is 48.4 Å². The van der Waals surface area contributed by atoms with Crippen LogP contribution in [0.3, 0.4) is 0 Å². The Bertz CT molecular complexity index is 830. The zero-order valence-electron chi connectivity index (χ0n) is 17.0. The van der Waals surface area contributed by atoms with Crippen molar-refractivity contribution in [2.45, 2.75) is 18.9 Å². The lowest BCUT2D eigenvalue weighted by Gasteiger charge is -2.35. The van der Waals surface area contributed by atoms with Crippen LogP contribution in [0.1, 0.15) is 33.8 Å². The van der Waals surface area contributed by atoms with Crippen molar-refractivity contribution in [3.05, 3.63) is 60.1 Å². The molecule has 8 heteroatoms. The first-order chi connectivity index (χ1) is 14.6. The Morgan fingerprint density at radius 2 is 1.87 bits per heavy atom. The maximum atomic E-state index is 12.8. The number of hydrogen-bond donors (Lipinski definition) is 2. The van der Waals surface area contributed by atoms with Gasteiger partial charge in [0, 0.05) is 32.3 Å². The van der Waals surface area contributed by atoms with Crippen LogP contribution in [-0.2, 0) is 9.53 Å². The molecule has 1 aromatic heterocycles. The highest BCUT2D eigenvalue weighted by atomic mass is 16.5. The van der Waals surface area contributed by atoms with Gasteiger partial charge in [0.15, 0.2) is 5.76 Å². The molecule has 0 radical (unpaired) electrons. The summed E-state index contributed by atoms with van der Waals surface area (Å²) < 4.78 is 10.2. The monoisotopic (exact) mass is 413 g/mol. The Balaban J connectivity index is 1.65. The molecule has 1 aliphatic rings. The molecule has 2 N–H and O–H groups in total. The van der Waals surface area contributed by atoms with Crippen LogP contribution in [0.4, 0.5) is 0 Å². The van der Waals surface area contributed by atoms with Crippen LogP contribution in [0.25, 0.3) is 0 Å². The summed E-state index contributed by atoms with van der Waals surface area (Å²) in [7, 11) is 1.56. The van der Waals surface area contributed by atoms with Crippen LogP contribution in [0.5, 0.6) is 0 Å². The Morgan fingerprint density at radius 1 is 1.13 bits per heavy atom. The minimum absolute atomic E-state index is 0.0825. The molecule has 1 unspecified atom stereocenters. The second-order valence-electron chi connectivity index (χ2n) is 7.21. The number of nitrogens with zero attached hydrogens (tertiary/aromatic N) is 1. The zero-order valence-corrected chi connectivity index (χ0v) is 17.0. The van der Waals surface area contributed by atoms with Gasteiger partial charge in [-0.2, -0.15) is 0 Å². The van der Waals surface area contributed by atoms with Gasteiger partial charge in [0.05, 0.1) is 12.9 Å². The second kappa shape index (κ2) is 10.6. The average molecular weight is 413 g/mol. The maximum absolute atomic E-state index is 12.8. The third-order valence-electron chi connectivity index (χ3n) is 5.24. The minimum atomic E-state index is -0.685. The molecule has 0 bridgehead atoms. The van der Waals surface area contributed by atoms with Gasteiger partial charge in [0.1, 0.15) is 6.04 Å². The fraction of sp³-hybridized carbons (Fsp3) is 0.409. The van der Waals surface area contributed by atoms with Gasteiger partial charge in [-0.25, -0.2) is 0 Å². The highest BCUT2D eigenvalue weighted by Gasteiger charge is 2.34. The SMILES string of the molecule is COCCNC(=O)C(NC(=O)c1ccccc1)C1CCN(C(=O)c2ccco2)CC1. The van der Waals surface area contributed by atoms with Gasteiger partial charge in [0.2, 0.25) is 5.91 Å². The van der Waals surface area contributed by atoms with Gasteiger partial charge in [-0.3, -0.25) is 14.4 Å². The number of piperidine rings is 1. The van der Waals surface area contributed by atoms with E-state index in [-0.39, 0.29) is 23.6 Å². The van der Waals surface area contributed by atoms with Crippen molar-refractivity contribution in [1.29, 1.82) is 0 Å². The molecule has 0 saturated carbocycles. The molecule has 160 valence electrons. The molecule has 0 aliphatic carbocycles. The third-order valence-corrected chi connectivity index (χ3v) is 5.24. The number of carbonyl (C=O) groups excluding carboxylic acids is 3. The highest BCUT2D eigenvalue weighted by molar-refractivity contribution is 5.97. The molecule has 1 fully saturated rings. The Hall–Kier alpha value is -3.13. The van der Waals surface area contributed by atoms with E-state index in [1.165, 1.54) is 6.26 Å². The molecule has 2 heterocycles. The number of likely N-dealkylation sites (tertiary alicyclic amines) is 1. The number of ether oxygens (including phenoxy) is 1. The molecule has 1 aliphatic heterocycles. The molecule has 8 nitrogen and oxygen atoms in total. The Labute approximate surface area is 175 Å². The van der Waals surface area contributed by atoms with E-state index in [0.717, 1.165) is 0 Å². The van der Waals surface area contributed by atoms with E-state index >= 15 is 0 Å². The van der Waals surface area contributed by atoms with Gasteiger partial charge in [0.25, 0.3) is 11.8 Å². The van der Waals surface area contributed by atoms with E-state index in [0.29, 0.717) is 50.4 Å². The summed E-state index contributed by atoms with van der Waals surface area (Å²) in [4.78, 5) is 39.7. The van der Waals surface area contributed by atoms with E-state index in [2.05, 4.69) is 10.6 Å². The van der Waals surface area contributed by atoms with E-state index in [9.17, 15) is 14.4 Å². The zero-order chi connectivity index (χ0) is 21.3. The first kappa shape index (κ1) is 21.6. The van der Waals surface area contributed by atoms with E-state index < -0.39 is 6.04 Å². The summed E-state index contributed by atoms with van der Waals surface area (Å²) in [6, 6.07) is 11.4. The minimum Gasteiger partial charge on any atom is -0.459 e. The number of benzene rings is 1. The van der Waals surface area contributed by atoms with Crippen molar-refractivity contribution in [2.24, 2.45) is 5.92 Å². The lowest BCUT2D eigenvalue weighted by Crippen LogP contribution is -2.54. The molecule has 1 atom stereocenters. The Morgan fingerprint density at radius 3 is 2.50 bits per heavy atom. The fourth-order valence-electron chi connectivity index (χ4n) is 3.59. The molecule has 0 spiro atoms. The summed E-state index contributed by atoms with van der Waals surface area (Å²) in [6.07, 6.45) is 2.67. The van der Waals surface area contributed by atoms with Crippen LogP contribution < -0.4 is 10.6 Å². The average Bonchev–Trinajstić information content (AvgIpc) is 3.32. The third kappa shape index (κ3) is 5.48. The predicted octanol–water partition coefficient (Wildman–Crippen LogP) is 1.69. The number of methoxy groups -OCH3 is 1. The van der Waals surface area contributed by atoms with Gasteiger partial charge in [-0.1, -0.05) is 18.2 Å². The topological polar surface area (TPSA) is 101 Å². The molecule has 2 aromatic rings. The number of furan rings is 1. The predicted molar refractivity (Wildman–Crippen MR) is 110 cm³/mol. The molecule has 30 heavy (non-hydrogen) atoms. The van der Waals surface area contributed by atoms with E-state index in [4.69, 9.17) is 9.15 Å². The molecule has 1 saturated heterocycles. The highest BCUT2D eigenvalue weighted by Crippen LogP contribution is 2.23. The van der Waals surface area contributed by atoms with Crippen molar-refractivity contribution in [3.63, 3.8) is 0 Å². The fourth-order valence-corrected chi connectivity index (χ4v) is 3.59. The molecule has 3 amide bonds. The van der Waals surface area contributed by atoms with Gasteiger partial charge < -0.3 is 24.7 Å². The van der Waals surface area contributed by atoms with Crippen LogP contribution >= 0.6 is 0 Å². The number of hydrogen-bond acceptors (Lipinski definition) is 5. The van der Waals surface area contributed by atoms with Crippen molar-refractivity contribution < 1.29 is 23.5 Å². The smallest absolute Gasteiger partial charge is 0.289 e. The Kier molecular flexibility index (Phi) is 7.62. The normalized spacial score (nSPS) is 15.4. The first-order valence-corrected chi connectivity index (χ1v) is 10.1. The number of rotatable bonds is 8. The van der Waals surface area contributed by atoms with Crippen LogP contribution in [0.15, 0.2) is 53.1 Å². The molecular formula is C22H27N3O5. The summed E-state index contributed by atoms with van der Waals surface area (Å²) in [5.41, 5.74) is 0.498. The van der Waals surface area contributed by atoms with Crippen molar-refractivity contribution in [1.82, 2.24) is 15.5 Å². The van der Waals surface area contributed by atoms with Crippen molar-refractivity contribution >= 4 is 17.7 Å². The molecule has 3 rings (SSSR count). The summed E-state index contributed by atoms with van der Waals surface area (Å²) >= 11 is 0. The number of nitrogens with one attached hydrogen (secondary N) is 2. The van der Waals surface area contributed by atoms with Crippen LogP contribution in [0.2, 0.25) is 0 Å². The summed E-state index contributed by atoms with van der Waals surface area (Å²) in [5, 5.41) is 5.71. The summed E-state index contributed by atoms with van der Waals surface area (Å²) in [6.45, 7) is 1.74. The number of amides is 3. The number of carbonyl (C=O) groups is 3. The maximum Gasteiger partial charge on any atom is 0.289 e. The standard InChI is InChI=1S/C22H27N3O5/c1-29-15-11-23-21(27)19(24-20(26)17-6-3-2-4-7-17)16-9-12-25(13-10-16)22(28)18-8-5-14-30-18/h2-8,14,16,19H,9-13,15H2,1H3,(H,23,27)(H,24,26). The molecular weight excluding hydrogens is 386 g/mol. The van der Waals surface area contributed by atoms with Gasteiger partial charge in [-0.15, -0.1) is 0 Å². The van der Waals surface area contributed by atoms with Crippen LogP contribution in [0, 0.1) is 5.92 Å². The van der Waals surface area contributed by atoms with E-state index in [1.807, 2.05) is 6.07 Å². The second-order valence-corrected chi connectivity index (χ2v) is 7.21. The van der Waals surface area contributed by atoms with Crippen LogP contribution in [-0.4, -0.2) is 62.0 Å². The van der Waals surface area contributed by atoms with Gasteiger partial charge >= 0.3 is 0 Å². The van der Waals surface area contributed by atoms with Gasteiger partial charge in [-0.05, 0) is 43.0 Å². The largest absolute Gasteiger partial charge is 0.459 e. The lowest BCUT2D eigenvalue weighted by molar-refractivity contribution is -0.124. The summed E-state index contributed by atoms with van der Waals surface area (Å²) in [5.74, 6) is -0.475. The quantitative estimate of drug-likeness (QED) is 0.642. The van der Waals surface area contributed by atoms with Crippen molar-refractivity contribution in [2.75, 3.05) is 33.4 Å². The molecule has 1 aromatic carbocycles. The van der Waals surface area contributed by atoms with Crippen molar-refractivity contribution in [3.8, 4) is 0 Å². The lowest BCUT2D eigenvalue weighted by atomic mass is 9.88. The first-order valence-electron chi connectivity index (χ1n) is 10.1.